The molecule has 0 aliphatic carbocycles. The maximum Gasteiger partial charge on any atom is 0.0639 e. The van der Waals surface area contributed by atoms with Crippen LogP contribution < -0.4 is 0 Å². The zero-order valence-electron chi connectivity index (χ0n) is 12.5. The average Bonchev–Trinajstić information content (AvgIpc) is 2.52. The van der Waals surface area contributed by atoms with E-state index in [1.54, 1.807) is 0 Å². The molecule has 1 nitrogen and oxygen atoms in total. The fraction of sp³-hybridized carbons (Fsp3) is 0.211. The average molecular weight is 342 g/mol. The first-order valence-electron chi connectivity index (χ1n) is 7.07. The molecule has 0 radical (unpaired) electrons. The van der Waals surface area contributed by atoms with Crippen molar-refractivity contribution in [3.05, 3.63) is 76.9 Å². The van der Waals surface area contributed by atoms with Gasteiger partial charge >= 0.3 is 0 Å². The zero-order valence-corrected chi connectivity index (χ0v) is 14.1. The predicted molar refractivity (Wildman–Crippen MR) is 96.1 cm³/mol. The topological polar surface area (TPSA) is 12.4 Å². The van der Waals surface area contributed by atoms with Crippen molar-refractivity contribution in [1.29, 1.82) is 0 Å². The van der Waals surface area contributed by atoms with Crippen LogP contribution in [-0.2, 0) is 11.9 Å². The summed E-state index contributed by atoms with van der Waals surface area (Å²) in [6.07, 6.45) is 3.98. The molecule has 0 bridgehead atoms. The van der Waals surface area contributed by atoms with Crippen LogP contribution in [0.5, 0.6) is 0 Å². The van der Waals surface area contributed by atoms with E-state index < -0.39 is 0 Å². The molecule has 0 N–H and O–H groups in total. The fourth-order valence-electron chi connectivity index (χ4n) is 2.16. The first-order chi connectivity index (χ1) is 10.2. The highest BCUT2D eigenvalue weighted by Crippen LogP contribution is 2.17. The first-order valence-corrected chi connectivity index (χ1v) is 8.19. The second kappa shape index (κ2) is 7.94. The lowest BCUT2D eigenvalue weighted by atomic mass is 10.0. The van der Waals surface area contributed by atoms with E-state index in [1.165, 1.54) is 27.8 Å². The number of rotatable bonds is 5. The standard InChI is InChI=1S/C19H20BrN/c1-15-5-3-4-6-19(15)16(2)11-12-21-14-18-9-7-17(13-20)8-10-18/h3-12H,13-14H2,1-2H3/b16-11-,21-12+. The van der Waals surface area contributed by atoms with Crippen LogP contribution in [0, 0.1) is 6.92 Å². The van der Waals surface area contributed by atoms with Crippen LogP contribution >= 0.6 is 15.9 Å². The molecule has 108 valence electrons. The summed E-state index contributed by atoms with van der Waals surface area (Å²) in [6.45, 7) is 4.98. The summed E-state index contributed by atoms with van der Waals surface area (Å²) < 4.78 is 0. The highest BCUT2D eigenvalue weighted by atomic mass is 79.9. The number of allylic oxidation sites excluding steroid dienone is 2. The molecule has 2 aromatic rings. The highest BCUT2D eigenvalue weighted by Gasteiger charge is 1.97. The van der Waals surface area contributed by atoms with Crippen molar-refractivity contribution in [2.45, 2.75) is 25.7 Å². The van der Waals surface area contributed by atoms with Gasteiger partial charge in [0, 0.05) is 11.5 Å². The minimum absolute atomic E-state index is 0.722. The van der Waals surface area contributed by atoms with E-state index in [2.05, 4.69) is 89.4 Å². The summed E-state index contributed by atoms with van der Waals surface area (Å²) in [5.41, 5.74) is 6.35. The number of nitrogens with zero attached hydrogens (tertiary/aromatic N) is 1. The number of aliphatic imine (C=N–C) groups is 1. The predicted octanol–water partition coefficient (Wildman–Crippen LogP) is 5.56. The van der Waals surface area contributed by atoms with E-state index in [0.29, 0.717) is 0 Å². The quantitative estimate of drug-likeness (QED) is 0.498. The third-order valence-corrected chi connectivity index (χ3v) is 4.10. The molecule has 2 aromatic carbocycles. The third-order valence-electron chi connectivity index (χ3n) is 3.45. The molecule has 0 fully saturated rings. The van der Waals surface area contributed by atoms with E-state index in [4.69, 9.17) is 0 Å². The highest BCUT2D eigenvalue weighted by molar-refractivity contribution is 9.08. The molecule has 2 heteroatoms. The Morgan fingerprint density at radius 3 is 2.38 bits per heavy atom. The minimum Gasteiger partial charge on any atom is -0.288 e. The van der Waals surface area contributed by atoms with Gasteiger partial charge in [-0.3, -0.25) is 4.99 Å². The Morgan fingerprint density at radius 1 is 1.05 bits per heavy atom. The van der Waals surface area contributed by atoms with Crippen LogP contribution in [0.25, 0.3) is 5.57 Å². The Hall–Kier alpha value is -1.67. The van der Waals surface area contributed by atoms with Gasteiger partial charge in [-0.2, -0.15) is 0 Å². The molecule has 0 aliphatic heterocycles. The summed E-state index contributed by atoms with van der Waals surface area (Å²) >= 11 is 3.45. The Balaban J connectivity index is 1.98. The number of hydrogen-bond donors (Lipinski definition) is 0. The van der Waals surface area contributed by atoms with E-state index >= 15 is 0 Å². The van der Waals surface area contributed by atoms with Crippen LogP contribution in [0.15, 0.2) is 59.6 Å². The van der Waals surface area contributed by atoms with Gasteiger partial charge in [-0.25, -0.2) is 0 Å². The van der Waals surface area contributed by atoms with E-state index in [9.17, 15) is 0 Å². The van der Waals surface area contributed by atoms with Gasteiger partial charge in [-0.05, 0) is 47.8 Å². The van der Waals surface area contributed by atoms with Gasteiger partial charge in [0.25, 0.3) is 0 Å². The van der Waals surface area contributed by atoms with Crippen LogP contribution in [-0.4, -0.2) is 6.21 Å². The summed E-state index contributed by atoms with van der Waals surface area (Å²) in [5.74, 6) is 0. The van der Waals surface area contributed by atoms with Crippen LogP contribution in [0.4, 0.5) is 0 Å². The van der Waals surface area contributed by atoms with Crippen molar-refractivity contribution in [2.24, 2.45) is 4.99 Å². The van der Waals surface area contributed by atoms with Crippen molar-refractivity contribution >= 4 is 27.7 Å². The lowest BCUT2D eigenvalue weighted by Crippen LogP contribution is -1.86. The van der Waals surface area contributed by atoms with Crippen molar-refractivity contribution < 1.29 is 0 Å². The Labute approximate surface area is 135 Å². The second-order valence-electron chi connectivity index (χ2n) is 5.10. The zero-order chi connectivity index (χ0) is 15.1. The van der Waals surface area contributed by atoms with Crippen molar-refractivity contribution in [3.8, 4) is 0 Å². The summed E-state index contributed by atoms with van der Waals surface area (Å²) in [7, 11) is 0. The molecule has 0 aliphatic rings. The molecular weight excluding hydrogens is 322 g/mol. The molecular formula is C19H20BrN. The van der Waals surface area contributed by atoms with Crippen molar-refractivity contribution in [2.75, 3.05) is 0 Å². The number of hydrogen-bond acceptors (Lipinski definition) is 1. The normalized spacial score (nSPS) is 12.0. The molecule has 0 aromatic heterocycles. The van der Waals surface area contributed by atoms with Gasteiger partial charge in [0.1, 0.15) is 0 Å². The molecule has 0 atom stereocenters. The largest absolute Gasteiger partial charge is 0.288 e. The van der Waals surface area contributed by atoms with Crippen molar-refractivity contribution in [3.63, 3.8) is 0 Å². The molecule has 0 amide bonds. The smallest absolute Gasteiger partial charge is 0.0639 e. The van der Waals surface area contributed by atoms with Gasteiger partial charge in [0.2, 0.25) is 0 Å². The molecule has 0 heterocycles. The lowest BCUT2D eigenvalue weighted by Gasteiger charge is -2.04. The molecule has 0 unspecified atom stereocenters. The molecule has 2 rings (SSSR count). The van der Waals surface area contributed by atoms with Gasteiger partial charge in [-0.15, -0.1) is 0 Å². The van der Waals surface area contributed by atoms with Crippen LogP contribution in [0.3, 0.4) is 0 Å². The lowest BCUT2D eigenvalue weighted by molar-refractivity contribution is 1.08. The maximum atomic E-state index is 4.48. The van der Waals surface area contributed by atoms with Gasteiger partial charge in [0.05, 0.1) is 6.54 Å². The molecule has 0 spiro atoms. The molecule has 21 heavy (non-hydrogen) atoms. The van der Waals surface area contributed by atoms with Gasteiger partial charge in [-0.1, -0.05) is 64.5 Å². The number of alkyl halides is 1. The van der Waals surface area contributed by atoms with E-state index in [-0.39, 0.29) is 0 Å². The van der Waals surface area contributed by atoms with Crippen molar-refractivity contribution in [1.82, 2.24) is 0 Å². The number of benzene rings is 2. The van der Waals surface area contributed by atoms with Crippen LogP contribution in [0.1, 0.15) is 29.2 Å². The minimum atomic E-state index is 0.722. The maximum absolute atomic E-state index is 4.48. The summed E-state index contributed by atoms with van der Waals surface area (Å²) in [5, 5.41) is 0.898. The molecule has 0 saturated heterocycles. The Morgan fingerprint density at radius 2 is 1.71 bits per heavy atom. The summed E-state index contributed by atoms with van der Waals surface area (Å²) in [4.78, 5) is 4.48. The SMILES string of the molecule is C/C(=C/C=N/Cc1ccc(CBr)cc1)c1ccccc1C. The van der Waals surface area contributed by atoms with Gasteiger partial charge in [0.15, 0.2) is 0 Å². The number of aryl methyl sites for hydroxylation is 1. The Bertz CT molecular complexity index is 639. The van der Waals surface area contributed by atoms with Gasteiger partial charge < -0.3 is 0 Å². The molecule has 0 saturated carbocycles. The van der Waals surface area contributed by atoms with E-state index in [1.807, 2.05) is 6.21 Å². The second-order valence-corrected chi connectivity index (χ2v) is 5.67. The Kier molecular flexibility index (Phi) is 5.94. The summed E-state index contributed by atoms with van der Waals surface area (Å²) in [6, 6.07) is 16.9. The number of halogens is 1. The third kappa shape index (κ3) is 4.68. The fourth-order valence-corrected chi connectivity index (χ4v) is 2.54. The first kappa shape index (κ1) is 15.7. The van der Waals surface area contributed by atoms with E-state index in [0.717, 1.165) is 11.9 Å². The van der Waals surface area contributed by atoms with Crippen LogP contribution in [0.2, 0.25) is 0 Å². The monoisotopic (exact) mass is 341 g/mol.